The van der Waals surface area contributed by atoms with Crippen LogP contribution in [0, 0.1) is 6.92 Å². The molecule has 0 aliphatic carbocycles. The van der Waals surface area contributed by atoms with Gasteiger partial charge in [-0.3, -0.25) is 4.79 Å². The molecule has 0 spiro atoms. The van der Waals surface area contributed by atoms with E-state index in [0.29, 0.717) is 17.0 Å². The highest BCUT2D eigenvalue weighted by atomic mass is 32.2. The Kier molecular flexibility index (Phi) is 7.34. The minimum absolute atomic E-state index is 0.0719. The zero-order valence-corrected chi connectivity index (χ0v) is 19.2. The lowest BCUT2D eigenvalue weighted by Gasteiger charge is -2.09. The first-order valence-corrected chi connectivity index (χ1v) is 11.5. The van der Waals surface area contributed by atoms with Crippen LogP contribution in [-0.2, 0) is 21.3 Å². The number of nitrogens with one attached hydrogen (secondary N) is 2. The summed E-state index contributed by atoms with van der Waals surface area (Å²) < 4.78 is 38.8. The fourth-order valence-electron chi connectivity index (χ4n) is 2.93. The third-order valence-corrected chi connectivity index (χ3v) is 5.92. The molecule has 0 bridgehead atoms. The zero-order chi connectivity index (χ0) is 24.0. The van der Waals surface area contributed by atoms with E-state index in [9.17, 15) is 18.0 Å². The minimum atomic E-state index is -4.12. The lowest BCUT2D eigenvalue weighted by Crippen LogP contribution is -2.31. The second-order valence-corrected chi connectivity index (χ2v) is 8.66. The molecule has 0 saturated heterocycles. The molecule has 0 unspecified atom stereocenters. The van der Waals surface area contributed by atoms with Gasteiger partial charge >= 0.3 is 6.09 Å². The monoisotopic (exact) mass is 472 g/mol. The first kappa shape index (κ1) is 23.8. The first-order valence-electron chi connectivity index (χ1n) is 10.0. The molecule has 0 fully saturated rings. The average molecular weight is 473 g/mol. The molecule has 0 atom stereocenters. The van der Waals surface area contributed by atoms with Crippen LogP contribution in [0.2, 0.25) is 0 Å². The van der Waals surface area contributed by atoms with Crippen LogP contribution >= 0.6 is 0 Å². The molecule has 10 nitrogen and oxygen atoms in total. The van der Waals surface area contributed by atoms with Crippen LogP contribution in [0.15, 0.2) is 59.6 Å². The van der Waals surface area contributed by atoms with Gasteiger partial charge in [-0.05, 0) is 55.3 Å². The van der Waals surface area contributed by atoms with Gasteiger partial charge in [0.15, 0.2) is 5.69 Å². The number of amides is 2. The molecule has 0 aliphatic rings. The van der Waals surface area contributed by atoms with E-state index in [0.717, 1.165) is 5.56 Å². The van der Waals surface area contributed by atoms with E-state index in [1.54, 1.807) is 19.2 Å². The summed E-state index contributed by atoms with van der Waals surface area (Å²) >= 11 is 0. The van der Waals surface area contributed by atoms with Crippen LogP contribution in [0.25, 0.3) is 5.69 Å². The van der Waals surface area contributed by atoms with E-state index in [4.69, 9.17) is 9.47 Å². The van der Waals surface area contributed by atoms with E-state index in [1.807, 2.05) is 23.8 Å². The summed E-state index contributed by atoms with van der Waals surface area (Å²) in [4.78, 5) is 23.8. The molecule has 3 aromatic rings. The van der Waals surface area contributed by atoms with Gasteiger partial charge < -0.3 is 14.8 Å². The second kappa shape index (κ2) is 10.2. The molecule has 0 aliphatic heterocycles. The number of ether oxygens (including phenoxy) is 2. The van der Waals surface area contributed by atoms with Crippen LogP contribution in [0.3, 0.4) is 0 Å². The summed E-state index contributed by atoms with van der Waals surface area (Å²) in [6, 6.07) is 12.7. The van der Waals surface area contributed by atoms with E-state index in [1.165, 1.54) is 42.1 Å². The predicted octanol–water partition coefficient (Wildman–Crippen LogP) is 2.55. The highest BCUT2D eigenvalue weighted by Gasteiger charge is 2.21. The van der Waals surface area contributed by atoms with Crippen molar-refractivity contribution in [3.63, 3.8) is 0 Å². The van der Waals surface area contributed by atoms with Crippen molar-refractivity contribution in [3.05, 3.63) is 71.5 Å². The highest BCUT2D eigenvalue weighted by molar-refractivity contribution is 7.90. The fourth-order valence-corrected chi connectivity index (χ4v) is 3.90. The van der Waals surface area contributed by atoms with Gasteiger partial charge in [-0.15, -0.1) is 0 Å². The maximum Gasteiger partial charge on any atom is 0.407 e. The highest BCUT2D eigenvalue weighted by Crippen LogP contribution is 2.23. The topological polar surface area (TPSA) is 129 Å². The summed E-state index contributed by atoms with van der Waals surface area (Å²) in [7, 11) is -2.60. The molecule has 11 heteroatoms. The van der Waals surface area contributed by atoms with Crippen molar-refractivity contribution in [1.29, 1.82) is 0 Å². The van der Waals surface area contributed by atoms with Gasteiger partial charge in [0, 0.05) is 12.7 Å². The number of hydrogen-bond donors (Lipinski definition) is 2. The number of nitrogens with zero attached hydrogens (tertiary/aromatic N) is 2. The molecule has 3 rings (SSSR count). The van der Waals surface area contributed by atoms with Gasteiger partial charge in [-0.25, -0.2) is 22.6 Å². The standard InChI is InChI=1S/C22H24N4O6S/c1-4-32-22(28)23-14-16-6-8-17(9-7-16)33(29,30)25-21(27)18-11-12-26(24-18)19-13-15(2)5-10-20(19)31-3/h5-13H,4,14H2,1-3H3,(H,23,28)(H,25,27). The van der Waals surface area contributed by atoms with Crippen molar-refractivity contribution >= 4 is 22.0 Å². The van der Waals surface area contributed by atoms with Crippen LogP contribution in [0.5, 0.6) is 5.75 Å². The molecule has 0 radical (unpaired) electrons. The lowest BCUT2D eigenvalue weighted by molar-refractivity contribution is 0.0976. The molecular weight excluding hydrogens is 448 g/mol. The van der Waals surface area contributed by atoms with Crippen molar-refractivity contribution in [2.45, 2.75) is 25.3 Å². The molecule has 1 heterocycles. The molecule has 2 amide bonds. The quantitative estimate of drug-likeness (QED) is 0.515. The summed E-state index contributed by atoms with van der Waals surface area (Å²) in [5, 5.41) is 6.73. The molecule has 174 valence electrons. The zero-order valence-electron chi connectivity index (χ0n) is 18.4. The van der Waals surface area contributed by atoms with Crippen molar-refractivity contribution < 1.29 is 27.5 Å². The Morgan fingerprint density at radius 3 is 2.48 bits per heavy atom. The van der Waals surface area contributed by atoms with Gasteiger partial charge in [0.1, 0.15) is 11.4 Å². The number of aromatic nitrogens is 2. The van der Waals surface area contributed by atoms with Gasteiger partial charge in [0.05, 0.1) is 18.6 Å². The lowest BCUT2D eigenvalue weighted by atomic mass is 10.2. The number of hydrogen-bond acceptors (Lipinski definition) is 7. The summed E-state index contributed by atoms with van der Waals surface area (Å²) in [6.45, 7) is 4.02. The first-order chi connectivity index (χ1) is 15.7. The number of methoxy groups -OCH3 is 1. The van der Waals surface area contributed by atoms with E-state index in [-0.39, 0.29) is 23.7 Å². The Morgan fingerprint density at radius 1 is 1.09 bits per heavy atom. The molecule has 0 saturated carbocycles. The number of rotatable bonds is 8. The Hall–Kier alpha value is -3.86. The van der Waals surface area contributed by atoms with Gasteiger partial charge in [-0.1, -0.05) is 18.2 Å². The number of carbonyl (C=O) groups is 2. The van der Waals surface area contributed by atoms with Crippen LogP contribution in [-0.4, -0.2) is 43.9 Å². The van der Waals surface area contributed by atoms with Crippen molar-refractivity contribution in [2.24, 2.45) is 0 Å². The second-order valence-electron chi connectivity index (χ2n) is 6.97. The molecule has 2 aromatic carbocycles. The van der Waals surface area contributed by atoms with Crippen LogP contribution in [0.4, 0.5) is 4.79 Å². The number of alkyl carbamates (subject to hydrolysis) is 1. The third-order valence-electron chi connectivity index (χ3n) is 4.58. The summed E-state index contributed by atoms with van der Waals surface area (Å²) in [6.07, 6.45) is 0.980. The maximum absolute atomic E-state index is 12.6. The van der Waals surface area contributed by atoms with Gasteiger partial charge in [0.25, 0.3) is 15.9 Å². The van der Waals surface area contributed by atoms with E-state index >= 15 is 0 Å². The van der Waals surface area contributed by atoms with Crippen molar-refractivity contribution in [1.82, 2.24) is 19.8 Å². The van der Waals surface area contributed by atoms with Gasteiger partial charge in [-0.2, -0.15) is 5.10 Å². The number of benzene rings is 2. The molecule has 33 heavy (non-hydrogen) atoms. The molecular formula is C22H24N4O6S. The average Bonchev–Trinajstić information content (AvgIpc) is 3.28. The number of carbonyl (C=O) groups excluding carboxylic acids is 2. The Balaban J connectivity index is 1.70. The van der Waals surface area contributed by atoms with Crippen LogP contribution < -0.4 is 14.8 Å². The maximum atomic E-state index is 12.6. The summed E-state index contributed by atoms with van der Waals surface area (Å²) in [5.41, 5.74) is 2.18. The summed E-state index contributed by atoms with van der Waals surface area (Å²) in [5.74, 6) is -0.311. The van der Waals surface area contributed by atoms with Crippen LogP contribution in [0.1, 0.15) is 28.5 Å². The molecule has 2 N–H and O–H groups in total. The smallest absolute Gasteiger partial charge is 0.407 e. The Morgan fingerprint density at radius 2 is 1.82 bits per heavy atom. The fraction of sp³-hybridized carbons (Fsp3) is 0.227. The number of aryl methyl sites for hydroxylation is 1. The minimum Gasteiger partial charge on any atom is -0.494 e. The van der Waals surface area contributed by atoms with E-state index < -0.39 is 22.0 Å². The van der Waals surface area contributed by atoms with E-state index in [2.05, 4.69) is 10.4 Å². The number of sulfonamides is 1. The van der Waals surface area contributed by atoms with Crippen molar-refractivity contribution in [2.75, 3.05) is 13.7 Å². The van der Waals surface area contributed by atoms with Gasteiger partial charge in [0.2, 0.25) is 0 Å². The Bertz CT molecular complexity index is 1250. The molecule has 1 aromatic heterocycles. The third kappa shape index (κ3) is 5.89. The normalized spacial score (nSPS) is 11.0. The SMILES string of the molecule is CCOC(=O)NCc1ccc(S(=O)(=O)NC(=O)c2ccn(-c3cc(C)ccc3OC)n2)cc1. The predicted molar refractivity (Wildman–Crippen MR) is 120 cm³/mol. The Labute approximate surface area is 191 Å². The van der Waals surface area contributed by atoms with Crippen molar-refractivity contribution in [3.8, 4) is 11.4 Å². The largest absolute Gasteiger partial charge is 0.494 e.